The normalized spacial score (nSPS) is 10.7. The molecule has 23 heavy (non-hydrogen) atoms. The zero-order chi connectivity index (χ0) is 16.2. The fourth-order valence-corrected chi connectivity index (χ4v) is 2.80. The highest BCUT2D eigenvalue weighted by Gasteiger charge is 2.07. The van der Waals surface area contributed by atoms with Crippen LogP contribution in [0.5, 0.6) is 5.75 Å². The molecule has 3 rings (SSSR count). The molecule has 1 amide bonds. The molecule has 0 aliphatic heterocycles. The van der Waals surface area contributed by atoms with Crippen molar-refractivity contribution in [3.05, 3.63) is 64.8 Å². The van der Waals surface area contributed by atoms with Crippen LogP contribution in [0.25, 0.3) is 10.9 Å². The fourth-order valence-electron chi connectivity index (χ4n) is 2.45. The van der Waals surface area contributed by atoms with E-state index in [0.717, 1.165) is 26.7 Å². The number of hydrogen-bond acceptors (Lipinski definition) is 2. The summed E-state index contributed by atoms with van der Waals surface area (Å²) in [5, 5.41) is 4.06. The zero-order valence-corrected chi connectivity index (χ0v) is 14.3. The number of rotatable bonds is 5. The molecule has 0 saturated heterocycles. The average molecular weight is 373 g/mol. The summed E-state index contributed by atoms with van der Waals surface area (Å²) in [7, 11) is 1.64. The maximum atomic E-state index is 12.2. The van der Waals surface area contributed by atoms with E-state index < -0.39 is 0 Å². The summed E-state index contributed by atoms with van der Waals surface area (Å²) < 4.78 is 8.07. The van der Waals surface area contributed by atoms with E-state index in [9.17, 15) is 4.79 Å². The minimum Gasteiger partial charge on any atom is -0.497 e. The minimum atomic E-state index is -0.0155. The van der Waals surface area contributed by atoms with Crippen molar-refractivity contribution in [2.75, 3.05) is 7.11 Å². The molecule has 0 fully saturated rings. The SMILES string of the molecule is COc1ccc(CNC(=O)Cn2ccc3ccc(Br)cc32)cc1. The van der Waals surface area contributed by atoms with Crippen LogP contribution in [0.3, 0.4) is 0 Å². The van der Waals surface area contributed by atoms with E-state index in [4.69, 9.17) is 4.74 Å². The molecule has 0 atom stereocenters. The third kappa shape index (κ3) is 3.74. The fraction of sp³-hybridized carbons (Fsp3) is 0.167. The third-order valence-electron chi connectivity index (χ3n) is 3.70. The molecule has 0 spiro atoms. The van der Waals surface area contributed by atoms with Crippen LogP contribution < -0.4 is 10.1 Å². The number of amides is 1. The number of fused-ring (bicyclic) bond motifs is 1. The Balaban J connectivity index is 1.63. The van der Waals surface area contributed by atoms with E-state index in [1.807, 2.05) is 59.3 Å². The van der Waals surface area contributed by atoms with E-state index in [2.05, 4.69) is 21.2 Å². The summed E-state index contributed by atoms with van der Waals surface area (Å²) >= 11 is 3.47. The van der Waals surface area contributed by atoms with Gasteiger partial charge in [-0.1, -0.05) is 34.1 Å². The van der Waals surface area contributed by atoms with Crippen molar-refractivity contribution in [1.29, 1.82) is 0 Å². The van der Waals surface area contributed by atoms with Gasteiger partial charge in [-0.25, -0.2) is 0 Å². The number of hydrogen-bond donors (Lipinski definition) is 1. The van der Waals surface area contributed by atoms with Crippen molar-refractivity contribution in [3.63, 3.8) is 0 Å². The number of carbonyl (C=O) groups is 1. The van der Waals surface area contributed by atoms with Crippen LogP contribution in [-0.2, 0) is 17.9 Å². The second-order valence-corrected chi connectivity index (χ2v) is 6.19. The number of halogens is 1. The zero-order valence-electron chi connectivity index (χ0n) is 12.8. The minimum absolute atomic E-state index is 0.0155. The molecule has 1 heterocycles. The van der Waals surface area contributed by atoms with Crippen LogP contribution in [0.15, 0.2) is 59.2 Å². The van der Waals surface area contributed by atoms with Crippen LogP contribution >= 0.6 is 15.9 Å². The molecule has 5 heteroatoms. The Kier molecular flexibility index (Phi) is 4.67. The predicted octanol–water partition coefficient (Wildman–Crippen LogP) is 3.73. The highest BCUT2D eigenvalue weighted by molar-refractivity contribution is 9.10. The molecule has 0 radical (unpaired) electrons. The van der Waals surface area contributed by atoms with Gasteiger partial charge in [-0.05, 0) is 41.3 Å². The lowest BCUT2D eigenvalue weighted by molar-refractivity contribution is -0.121. The van der Waals surface area contributed by atoms with E-state index in [0.29, 0.717) is 13.1 Å². The summed E-state index contributed by atoms with van der Waals surface area (Å²) in [5.41, 5.74) is 2.08. The molecule has 0 bridgehead atoms. The maximum Gasteiger partial charge on any atom is 0.240 e. The first-order valence-electron chi connectivity index (χ1n) is 7.30. The first kappa shape index (κ1) is 15.6. The maximum absolute atomic E-state index is 12.2. The van der Waals surface area contributed by atoms with Crippen molar-refractivity contribution in [2.45, 2.75) is 13.1 Å². The van der Waals surface area contributed by atoms with Crippen LogP contribution in [-0.4, -0.2) is 17.6 Å². The smallest absolute Gasteiger partial charge is 0.240 e. The quantitative estimate of drug-likeness (QED) is 0.741. The molecule has 0 aliphatic carbocycles. The van der Waals surface area contributed by atoms with Crippen LogP contribution in [0, 0.1) is 0 Å². The van der Waals surface area contributed by atoms with Crippen LogP contribution in [0.2, 0.25) is 0 Å². The Morgan fingerprint density at radius 2 is 1.96 bits per heavy atom. The van der Waals surface area contributed by atoms with Gasteiger partial charge in [0.25, 0.3) is 0 Å². The van der Waals surface area contributed by atoms with E-state index >= 15 is 0 Å². The monoisotopic (exact) mass is 372 g/mol. The van der Waals surface area contributed by atoms with E-state index in [1.54, 1.807) is 7.11 Å². The Labute approximate surface area is 143 Å². The van der Waals surface area contributed by atoms with E-state index in [1.165, 1.54) is 0 Å². The first-order valence-corrected chi connectivity index (χ1v) is 8.09. The Hall–Kier alpha value is -2.27. The van der Waals surface area contributed by atoms with E-state index in [-0.39, 0.29) is 5.91 Å². The lowest BCUT2D eigenvalue weighted by atomic mass is 10.2. The van der Waals surface area contributed by atoms with Gasteiger partial charge < -0.3 is 14.6 Å². The Morgan fingerprint density at radius 3 is 2.70 bits per heavy atom. The molecule has 3 aromatic rings. The third-order valence-corrected chi connectivity index (χ3v) is 4.19. The van der Waals surface area contributed by atoms with Gasteiger partial charge in [0.2, 0.25) is 5.91 Å². The van der Waals surface area contributed by atoms with Crippen molar-refractivity contribution in [2.24, 2.45) is 0 Å². The molecule has 2 aromatic carbocycles. The van der Waals surface area contributed by atoms with Gasteiger partial charge in [0.05, 0.1) is 7.11 Å². The van der Waals surface area contributed by atoms with Crippen LogP contribution in [0.1, 0.15) is 5.56 Å². The van der Waals surface area contributed by atoms with Crippen molar-refractivity contribution in [1.82, 2.24) is 9.88 Å². The summed E-state index contributed by atoms with van der Waals surface area (Å²) in [6.45, 7) is 0.807. The molecule has 1 aromatic heterocycles. The highest BCUT2D eigenvalue weighted by atomic mass is 79.9. The molecule has 118 valence electrons. The molecule has 0 aliphatic rings. The van der Waals surface area contributed by atoms with Gasteiger partial charge in [0.1, 0.15) is 12.3 Å². The summed E-state index contributed by atoms with van der Waals surface area (Å²) in [6, 6.07) is 15.7. The van der Waals surface area contributed by atoms with Crippen molar-refractivity contribution in [3.8, 4) is 5.75 Å². The number of aromatic nitrogens is 1. The van der Waals surface area contributed by atoms with Gasteiger partial charge in [-0.15, -0.1) is 0 Å². The largest absolute Gasteiger partial charge is 0.497 e. The Morgan fingerprint density at radius 1 is 1.17 bits per heavy atom. The highest BCUT2D eigenvalue weighted by Crippen LogP contribution is 2.20. The lowest BCUT2D eigenvalue weighted by Gasteiger charge is -2.08. The molecule has 1 N–H and O–H groups in total. The molecular formula is C18H17BrN2O2. The molecule has 4 nitrogen and oxygen atoms in total. The lowest BCUT2D eigenvalue weighted by Crippen LogP contribution is -2.26. The second-order valence-electron chi connectivity index (χ2n) is 5.27. The summed E-state index contributed by atoms with van der Waals surface area (Å²) in [6.07, 6.45) is 1.93. The van der Waals surface area contributed by atoms with Gasteiger partial charge in [0, 0.05) is 22.7 Å². The summed E-state index contributed by atoms with van der Waals surface area (Å²) in [4.78, 5) is 12.2. The second kappa shape index (κ2) is 6.87. The summed E-state index contributed by atoms with van der Waals surface area (Å²) in [5.74, 6) is 0.794. The van der Waals surface area contributed by atoms with Crippen molar-refractivity contribution >= 4 is 32.7 Å². The molecule has 0 unspecified atom stereocenters. The predicted molar refractivity (Wildman–Crippen MR) is 94.5 cm³/mol. The number of nitrogens with one attached hydrogen (secondary N) is 1. The van der Waals surface area contributed by atoms with Gasteiger partial charge in [-0.3, -0.25) is 4.79 Å². The Bertz CT molecular complexity index is 825. The number of benzene rings is 2. The van der Waals surface area contributed by atoms with Crippen LogP contribution in [0.4, 0.5) is 0 Å². The number of nitrogens with zero attached hydrogens (tertiary/aromatic N) is 1. The molecular weight excluding hydrogens is 356 g/mol. The number of carbonyl (C=O) groups excluding carboxylic acids is 1. The number of ether oxygens (including phenoxy) is 1. The van der Waals surface area contributed by atoms with Gasteiger partial charge in [-0.2, -0.15) is 0 Å². The van der Waals surface area contributed by atoms with Gasteiger partial charge >= 0.3 is 0 Å². The topological polar surface area (TPSA) is 43.3 Å². The van der Waals surface area contributed by atoms with Crippen molar-refractivity contribution < 1.29 is 9.53 Å². The average Bonchev–Trinajstić information content (AvgIpc) is 2.95. The first-order chi connectivity index (χ1) is 11.2. The number of methoxy groups -OCH3 is 1. The van der Waals surface area contributed by atoms with Gasteiger partial charge in [0.15, 0.2) is 0 Å². The molecule has 0 saturated carbocycles. The standard InChI is InChI=1S/C18H17BrN2O2/c1-23-16-6-2-13(3-7-16)11-20-18(22)12-21-9-8-14-4-5-15(19)10-17(14)21/h2-10H,11-12H2,1H3,(H,20,22).